The summed E-state index contributed by atoms with van der Waals surface area (Å²) in [6, 6.07) is 3.04. The molecule has 0 bridgehead atoms. The monoisotopic (exact) mass is 483 g/mol. The second kappa shape index (κ2) is 9.95. The fourth-order valence-electron chi connectivity index (χ4n) is 4.25. The summed E-state index contributed by atoms with van der Waals surface area (Å²) >= 11 is 0. The Morgan fingerprint density at radius 3 is 2.54 bits per heavy atom. The third-order valence-corrected chi connectivity index (χ3v) is 5.99. The molecular formula is C24H27F2N7O2. The van der Waals surface area contributed by atoms with Crippen LogP contribution in [0.5, 0.6) is 11.5 Å². The van der Waals surface area contributed by atoms with Crippen LogP contribution in [-0.2, 0) is 0 Å². The summed E-state index contributed by atoms with van der Waals surface area (Å²) in [6.45, 7) is 6.86. The molecule has 0 amide bonds. The van der Waals surface area contributed by atoms with Crippen molar-refractivity contribution in [1.29, 1.82) is 0 Å². The van der Waals surface area contributed by atoms with E-state index in [1.165, 1.54) is 6.07 Å². The first-order valence-corrected chi connectivity index (χ1v) is 11.7. The van der Waals surface area contributed by atoms with Crippen LogP contribution in [0.1, 0.15) is 26.7 Å². The van der Waals surface area contributed by atoms with Gasteiger partial charge in [0.2, 0.25) is 11.9 Å². The summed E-state index contributed by atoms with van der Waals surface area (Å²) in [5, 5.41) is 6.16. The lowest BCUT2D eigenvalue weighted by Crippen LogP contribution is -2.38. The minimum Gasteiger partial charge on any atom is -0.487 e. The summed E-state index contributed by atoms with van der Waals surface area (Å²) in [5.74, 6) is -0.177. The lowest BCUT2D eigenvalue weighted by atomic mass is 10.1. The Kier molecular flexibility index (Phi) is 6.58. The van der Waals surface area contributed by atoms with Crippen molar-refractivity contribution in [2.45, 2.75) is 38.8 Å². The van der Waals surface area contributed by atoms with E-state index in [0.717, 1.165) is 32.1 Å². The number of benzene rings is 1. The van der Waals surface area contributed by atoms with Crippen molar-refractivity contribution in [1.82, 2.24) is 25.3 Å². The van der Waals surface area contributed by atoms with Gasteiger partial charge in [-0.15, -0.1) is 0 Å². The highest BCUT2D eigenvalue weighted by Crippen LogP contribution is 2.39. The zero-order valence-electron chi connectivity index (χ0n) is 19.6. The number of anilines is 3. The number of nitrogens with zero attached hydrogens (tertiary/aromatic N) is 5. The molecule has 35 heavy (non-hydrogen) atoms. The molecule has 1 fully saturated rings. The number of ether oxygens (including phenoxy) is 2. The second-order valence-electron chi connectivity index (χ2n) is 8.77. The van der Waals surface area contributed by atoms with Gasteiger partial charge in [-0.1, -0.05) is 0 Å². The maximum absolute atomic E-state index is 14.9. The molecular weight excluding hydrogens is 456 g/mol. The molecule has 2 aliphatic rings. The van der Waals surface area contributed by atoms with Crippen LogP contribution in [0, 0.1) is 11.6 Å². The van der Waals surface area contributed by atoms with Gasteiger partial charge in [0, 0.05) is 11.6 Å². The average Bonchev–Trinajstić information content (AvgIpc) is 2.86. The molecule has 1 saturated heterocycles. The fraction of sp³-hybridized carbons (Fsp3) is 0.417. The lowest BCUT2D eigenvalue weighted by molar-refractivity contribution is 0.161. The molecule has 0 atom stereocenters. The van der Waals surface area contributed by atoms with E-state index in [-0.39, 0.29) is 41.0 Å². The molecule has 9 nitrogen and oxygen atoms in total. The third kappa shape index (κ3) is 5.09. The molecule has 1 aromatic carbocycles. The van der Waals surface area contributed by atoms with Gasteiger partial charge in [0.1, 0.15) is 18.4 Å². The van der Waals surface area contributed by atoms with Crippen LogP contribution in [0.2, 0.25) is 0 Å². The summed E-state index contributed by atoms with van der Waals surface area (Å²) < 4.78 is 41.0. The predicted molar refractivity (Wildman–Crippen MR) is 127 cm³/mol. The van der Waals surface area contributed by atoms with Crippen molar-refractivity contribution in [2.75, 3.05) is 36.5 Å². The van der Waals surface area contributed by atoms with E-state index < -0.39 is 11.6 Å². The molecule has 2 aromatic heterocycles. The highest BCUT2D eigenvalue weighted by molar-refractivity contribution is 5.73. The Morgan fingerprint density at radius 2 is 1.80 bits per heavy atom. The number of fused-ring (bicyclic) bond motifs is 1. The van der Waals surface area contributed by atoms with Gasteiger partial charge in [-0.3, -0.25) is 5.32 Å². The minimum absolute atomic E-state index is 0.0376. The van der Waals surface area contributed by atoms with Gasteiger partial charge in [0.15, 0.2) is 23.1 Å². The summed E-state index contributed by atoms with van der Waals surface area (Å²) in [6.07, 6.45) is 6.17. The van der Waals surface area contributed by atoms with Crippen molar-refractivity contribution in [3.8, 4) is 22.8 Å². The van der Waals surface area contributed by atoms with E-state index >= 15 is 0 Å². The maximum Gasteiger partial charge on any atom is 0.230 e. The van der Waals surface area contributed by atoms with Crippen molar-refractivity contribution >= 4 is 17.6 Å². The number of aromatic nitrogens is 4. The van der Waals surface area contributed by atoms with Crippen LogP contribution >= 0.6 is 0 Å². The quantitative estimate of drug-likeness (QED) is 0.544. The number of rotatable bonds is 6. The van der Waals surface area contributed by atoms with Gasteiger partial charge in [0.05, 0.1) is 30.8 Å². The van der Waals surface area contributed by atoms with Crippen molar-refractivity contribution in [3.05, 3.63) is 42.4 Å². The molecule has 2 aliphatic heterocycles. The number of piperidine rings is 1. The SMILES string of the molecule is CC(C)N1CCOc2c(F)cc(-c3nc(Nc4ncc(OC5CCNCC5)cn4)ncc3F)cc21. The van der Waals surface area contributed by atoms with Gasteiger partial charge >= 0.3 is 0 Å². The topological polar surface area (TPSA) is 97.3 Å². The fourth-order valence-corrected chi connectivity index (χ4v) is 4.25. The molecule has 11 heteroatoms. The van der Waals surface area contributed by atoms with E-state index in [1.807, 2.05) is 18.7 Å². The predicted octanol–water partition coefficient (Wildman–Crippen LogP) is 3.69. The van der Waals surface area contributed by atoms with E-state index in [9.17, 15) is 8.78 Å². The van der Waals surface area contributed by atoms with Gasteiger partial charge in [-0.2, -0.15) is 0 Å². The van der Waals surface area contributed by atoms with Crippen LogP contribution in [-0.4, -0.2) is 58.3 Å². The molecule has 0 aliphatic carbocycles. The van der Waals surface area contributed by atoms with Crippen LogP contribution in [0.15, 0.2) is 30.7 Å². The number of halogens is 2. The van der Waals surface area contributed by atoms with Gasteiger partial charge < -0.3 is 19.7 Å². The average molecular weight is 484 g/mol. The Hall–Kier alpha value is -3.60. The molecule has 5 rings (SSSR count). The van der Waals surface area contributed by atoms with Gasteiger partial charge in [-0.05, 0) is 51.9 Å². The lowest BCUT2D eigenvalue weighted by Gasteiger charge is -2.34. The molecule has 0 unspecified atom stereocenters. The van der Waals surface area contributed by atoms with E-state index in [0.29, 0.717) is 24.6 Å². The van der Waals surface area contributed by atoms with E-state index in [1.54, 1.807) is 18.5 Å². The number of hydrogen-bond donors (Lipinski definition) is 2. The summed E-state index contributed by atoms with van der Waals surface area (Å²) in [7, 11) is 0. The Bertz CT molecular complexity index is 1190. The molecule has 3 aromatic rings. The Balaban J connectivity index is 1.37. The summed E-state index contributed by atoms with van der Waals surface area (Å²) in [4.78, 5) is 18.8. The van der Waals surface area contributed by atoms with Gasteiger partial charge in [0.25, 0.3) is 0 Å². The second-order valence-corrected chi connectivity index (χ2v) is 8.77. The van der Waals surface area contributed by atoms with Crippen molar-refractivity contribution in [3.63, 3.8) is 0 Å². The summed E-state index contributed by atoms with van der Waals surface area (Å²) in [5.41, 5.74) is 0.817. The van der Waals surface area contributed by atoms with Crippen LogP contribution < -0.4 is 25.0 Å². The largest absolute Gasteiger partial charge is 0.487 e. The van der Waals surface area contributed by atoms with Gasteiger partial charge in [-0.25, -0.2) is 28.7 Å². The highest BCUT2D eigenvalue weighted by atomic mass is 19.1. The first kappa shape index (κ1) is 23.2. The molecule has 0 saturated carbocycles. The highest BCUT2D eigenvalue weighted by Gasteiger charge is 2.26. The minimum atomic E-state index is -0.672. The van der Waals surface area contributed by atoms with E-state index in [4.69, 9.17) is 9.47 Å². The first-order valence-electron chi connectivity index (χ1n) is 11.7. The third-order valence-electron chi connectivity index (χ3n) is 5.99. The zero-order chi connectivity index (χ0) is 24.4. The number of nitrogens with one attached hydrogen (secondary N) is 2. The maximum atomic E-state index is 14.9. The molecule has 0 radical (unpaired) electrons. The van der Waals surface area contributed by atoms with Crippen LogP contribution in [0.3, 0.4) is 0 Å². The standard InChI is InChI=1S/C24H27F2N7O2/c1-14(2)33-7-8-34-22-18(25)9-15(10-20(22)33)21-19(26)13-30-24(31-21)32-23-28-11-17(12-29-23)35-16-3-5-27-6-4-16/h9-14,16,27H,3-8H2,1-2H3,(H,28,29,30,31,32). The molecule has 2 N–H and O–H groups in total. The normalized spacial score (nSPS) is 16.1. The zero-order valence-corrected chi connectivity index (χ0v) is 19.6. The smallest absolute Gasteiger partial charge is 0.230 e. The molecule has 4 heterocycles. The van der Waals surface area contributed by atoms with Crippen LogP contribution in [0.4, 0.5) is 26.4 Å². The Morgan fingerprint density at radius 1 is 1.06 bits per heavy atom. The first-order chi connectivity index (χ1) is 17.0. The van der Waals surface area contributed by atoms with Crippen LogP contribution in [0.25, 0.3) is 11.3 Å². The van der Waals surface area contributed by atoms with Crippen molar-refractivity contribution < 1.29 is 18.3 Å². The van der Waals surface area contributed by atoms with E-state index in [2.05, 4.69) is 30.6 Å². The van der Waals surface area contributed by atoms with Crippen molar-refractivity contribution in [2.24, 2.45) is 0 Å². The molecule has 184 valence electrons. The Labute approximate surface area is 201 Å². The molecule has 0 spiro atoms. The number of hydrogen-bond acceptors (Lipinski definition) is 9.